The summed E-state index contributed by atoms with van der Waals surface area (Å²) in [5.74, 6) is 0. The molecule has 0 spiro atoms. The van der Waals surface area contributed by atoms with Crippen molar-refractivity contribution in [2.24, 2.45) is 0 Å². The van der Waals surface area contributed by atoms with Crippen molar-refractivity contribution in [1.29, 1.82) is 0 Å². The lowest BCUT2D eigenvalue weighted by atomic mass is 9.88. The Morgan fingerprint density at radius 1 is 0.288 bits per heavy atom. The summed E-state index contributed by atoms with van der Waals surface area (Å²) in [6.45, 7) is 2.23. The maximum absolute atomic E-state index is 4.71. The number of nitrogens with zero attached hydrogens (tertiary/aromatic N) is 2. The molecule has 2 heteroatoms. The number of hydrogen-bond acceptors (Lipinski definition) is 2. The molecular formula is C57H36N2. The molecule has 0 aliphatic heterocycles. The summed E-state index contributed by atoms with van der Waals surface area (Å²) in [5, 5.41) is 14.9. The zero-order valence-corrected chi connectivity index (χ0v) is 32.4. The lowest BCUT2D eigenvalue weighted by molar-refractivity contribution is 1.37. The fraction of sp³-hybridized carbons (Fsp3) is 0.0175. The first-order valence-electron chi connectivity index (χ1n) is 20.3. The molecule has 0 atom stereocenters. The van der Waals surface area contributed by atoms with E-state index in [0.29, 0.717) is 0 Å². The minimum Gasteiger partial charge on any atom is -0.254 e. The summed E-state index contributed by atoms with van der Waals surface area (Å²) in [5.41, 5.74) is 12.9. The average molecular weight is 749 g/mol. The van der Waals surface area contributed by atoms with Gasteiger partial charge >= 0.3 is 0 Å². The Morgan fingerprint density at radius 3 is 1.54 bits per heavy atom. The van der Waals surface area contributed by atoms with E-state index in [9.17, 15) is 0 Å². The van der Waals surface area contributed by atoms with Crippen molar-refractivity contribution in [3.8, 4) is 44.5 Å². The van der Waals surface area contributed by atoms with Gasteiger partial charge in [-0.2, -0.15) is 0 Å². The van der Waals surface area contributed by atoms with Crippen molar-refractivity contribution in [3.05, 3.63) is 206 Å². The number of aryl methyl sites for hydroxylation is 1. The number of benzene rings is 10. The molecule has 0 aliphatic carbocycles. The van der Waals surface area contributed by atoms with E-state index in [1.807, 2.05) is 24.5 Å². The summed E-state index contributed by atoms with van der Waals surface area (Å²) in [7, 11) is 0. The predicted molar refractivity (Wildman–Crippen MR) is 251 cm³/mol. The third-order valence-corrected chi connectivity index (χ3v) is 12.4. The first-order valence-corrected chi connectivity index (χ1v) is 20.3. The zero-order chi connectivity index (χ0) is 39.0. The van der Waals surface area contributed by atoms with Gasteiger partial charge in [-0.05, 0) is 147 Å². The molecule has 12 aromatic rings. The number of hydrogen-bond donors (Lipinski definition) is 0. The van der Waals surface area contributed by atoms with E-state index in [2.05, 4.69) is 188 Å². The van der Waals surface area contributed by atoms with E-state index in [1.54, 1.807) is 0 Å². The Labute approximate surface area is 341 Å². The van der Waals surface area contributed by atoms with Crippen LogP contribution in [0.5, 0.6) is 0 Å². The van der Waals surface area contributed by atoms with Gasteiger partial charge in [0.2, 0.25) is 0 Å². The minimum absolute atomic E-state index is 0.936. The van der Waals surface area contributed by atoms with E-state index in [1.165, 1.54) is 104 Å². The molecule has 12 rings (SSSR count). The maximum atomic E-state index is 4.71. The maximum Gasteiger partial charge on any atom is 0.0970 e. The lowest BCUT2D eigenvalue weighted by Crippen LogP contribution is -1.89. The molecule has 2 aromatic heterocycles. The molecule has 0 bridgehead atoms. The van der Waals surface area contributed by atoms with Crippen molar-refractivity contribution in [2.45, 2.75) is 6.92 Å². The van der Waals surface area contributed by atoms with Crippen LogP contribution in [-0.4, -0.2) is 9.97 Å². The van der Waals surface area contributed by atoms with E-state index >= 15 is 0 Å². The highest BCUT2D eigenvalue weighted by Crippen LogP contribution is 2.42. The van der Waals surface area contributed by atoms with Crippen LogP contribution in [0.2, 0.25) is 0 Å². The molecule has 0 N–H and O–H groups in total. The minimum atomic E-state index is 0.936. The Bertz CT molecular complexity index is 3670. The Hall–Kier alpha value is -7.68. The SMILES string of the molecule is Cc1cccc2ccc3cccc(-c4cccc5ccc6cc(-c7ccc8cc(-c9ccc(-c%10cc%11cccnc%11c%11ncccc%10%11)cc9)ccc8c7)ccc6c45)c3c12. The predicted octanol–water partition coefficient (Wildman–Crippen LogP) is 15.5. The molecule has 0 radical (unpaired) electrons. The highest BCUT2D eigenvalue weighted by molar-refractivity contribution is 6.21. The van der Waals surface area contributed by atoms with Crippen LogP contribution in [0.3, 0.4) is 0 Å². The molecule has 0 unspecified atom stereocenters. The molecule has 59 heavy (non-hydrogen) atoms. The van der Waals surface area contributed by atoms with E-state index < -0.39 is 0 Å². The van der Waals surface area contributed by atoms with Gasteiger partial charge in [0.1, 0.15) is 0 Å². The van der Waals surface area contributed by atoms with Crippen molar-refractivity contribution in [1.82, 2.24) is 9.97 Å². The lowest BCUT2D eigenvalue weighted by Gasteiger charge is -2.16. The molecular weight excluding hydrogens is 713 g/mol. The van der Waals surface area contributed by atoms with Crippen LogP contribution in [0.25, 0.3) is 120 Å². The van der Waals surface area contributed by atoms with E-state index in [-0.39, 0.29) is 0 Å². The van der Waals surface area contributed by atoms with Crippen molar-refractivity contribution < 1.29 is 0 Å². The molecule has 10 aromatic carbocycles. The third-order valence-electron chi connectivity index (χ3n) is 12.4. The molecule has 2 heterocycles. The van der Waals surface area contributed by atoms with Crippen molar-refractivity contribution in [3.63, 3.8) is 0 Å². The zero-order valence-electron chi connectivity index (χ0n) is 32.4. The molecule has 0 amide bonds. The Kier molecular flexibility index (Phi) is 7.48. The molecule has 0 aliphatic rings. The first kappa shape index (κ1) is 33.5. The number of pyridine rings is 2. The van der Waals surface area contributed by atoms with Crippen LogP contribution >= 0.6 is 0 Å². The van der Waals surface area contributed by atoms with E-state index in [0.717, 1.165) is 21.8 Å². The quantitative estimate of drug-likeness (QED) is 0.168. The van der Waals surface area contributed by atoms with Gasteiger partial charge in [0.15, 0.2) is 0 Å². The smallest absolute Gasteiger partial charge is 0.0970 e. The van der Waals surface area contributed by atoms with Crippen LogP contribution in [-0.2, 0) is 0 Å². The summed E-state index contributed by atoms with van der Waals surface area (Å²) in [4.78, 5) is 9.34. The van der Waals surface area contributed by atoms with Gasteiger partial charge in [-0.1, -0.05) is 152 Å². The topological polar surface area (TPSA) is 25.8 Å². The highest BCUT2D eigenvalue weighted by Gasteiger charge is 2.15. The monoisotopic (exact) mass is 748 g/mol. The van der Waals surface area contributed by atoms with E-state index in [4.69, 9.17) is 4.98 Å². The van der Waals surface area contributed by atoms with Gasteiger partial charge in [-0.25, -0.2) is 0 Å². The number of rotatable bonds is 4. The van der Waals surface area contributed by atoms with Crippen LogP contribution in [0.15, 0.2) is 200 Å². The second-order valence-electron chi connectivity index (χ2n) is 15.8. The summed E-state index contributed by atoms with van der Waals surface area (Å²) >= 11 is 0. The van der Waals surface area contributed by atoms with Gasteiger partial charge in [0, 0.05) is 23.2 Å². The standard InChI is InChI=1S/C57H36N2/c1-35-7-2-8-38-19-20-40-10-4-13-50(55(40)53(35)38)49-12-3-9-39-21-26-46-33-45(27-28-48(46)54(39)49)44-25-24-42-31-41(22-23-43(42)32-44)36-15-17-37(18-16-36)52-34-47-11-5-29-58-56(47)57-51(52)14-6-30-59-57/h2-34H,1H3. The number of aromatic nitrogens is 2. The van der Waals surface area contributed by atoms with Crippen molar-refractivity contribution in [2.75, 3.05) is 0 Å². The molecule has 0 saturated heterocycles. The highest BCUT2D eigenvalue weighted by atomic mass is 14.7. The second-order valence-corrected chi connectivity index (χ2v) is 15.8. The van der Waals surface area contributed by atoms with Gasteiger partial charge < -0.3 is 0 Å². The largest absolute Gasteiger partial charge is 0.254 e. The average Bonchev–Trinajstić information content (AvgIpc) is 3.30. The molecule has 0 saturated carbocycles. The number of fused-ring (bicyclic) bond motifs is 10. The second kappa shape index (κ2) is 13.2. The van der Waals surface area contributed by atoms with Crippen LogP contribution in [0.4, 0.5) is 0 Å². The van der Waals surface area contributed by atoms with Crippen LogP contribution < -0.4 is 0 Å². The molecule has 274 valence electrons. The molecule has 0 fully saturated rings. The Morgan fingerprint density at radius 2 is 0.797 bits per heavy atom. The fourth-order valence-corrected chi connectivity index (χ4v) is 9.55. The fourth-order valence-electron chi connectivity index (χ4n) is 9.55. The van der Waals surface area contributed by atoms with Gasteiger partial charge in [-0.3, -0.25) is 9.97 Å². The van der Waals surface area contributed by atoms with Crippen LogP contribution in [0, 0.1) is 6.92 Å². The van der Waals surface area contributed by atoms with Crippen LogP contribution in [0.1, 0.15) is 5.56 Å². The van der Waals surface area contributed by atoms with Gasteiger partial charge in [0.25, 0.3) is 0 Å². The molecule has 2 nitrogen and oxygen atoms in total. The third kappa shape index (κ3) is 5.41. The first-order chi connectivity index (χ1) is 29.1. The summed E-state index contributed by atoms with van der Waals surface area (Å²) in [6.07, 6.45) is 3.68. The van der Waals surface area contributed by atoms with Gasteiger partial charge in [-0.15, -0.1) is 0 Å². The van der Waals surface area contributed by atoms with Crippen molar-refractivity contribution >= 4 is 75.7 Å². The Balaban J connectivity index is 0.898. The normalized spacial score (nSPS) is 11.8. The van der Waals surface area contributed by atoms with Gasteiger partial charge in [0.05, 0.1) is 11.0 Å². The summed E-state index contributed by atoms with van der Waals surface area (Å²) < 4.78 is 0. The summed E-state index contributed by atoms with van der Waals surface area (Å²) in [6, 6.07) is 69.2.